The number of amides is 1. The molecular formula is C31H28F3N7O2. The van der Waals surface area contributed by atoms with E-state index in [0.717, 1.165) is 6.07 Å². The summed E-state index contributed by atoms with van der Waals surface area (Å²) in [6.07, 6.45) is 5.73. The van der Waals surface area contributed by atoms with Crippen LogP contribution in [0, 0.1) is 11.8 Å². The van der Waals surface area contributed by atoms with Crippen molar-refractivity contribution in [2.24, 2.45) is 0 Å². The van der Waals surface area contributed by atoms with Gasteiger partial charge in [-0.3, -0.25) is 9.59 Å². The van der Waals surface area contributed by atoms with E-state index in [2.05, 4.69) is 15.0 Å². The highest BCUT2D eigenvalue weighted by Gasteiger charge is 2.35. The lowest BCUT2D eigenvalue weighted by molar-refractivity contribution is -0.143. The number of hydrogen-bond donors (Lipinski definition) is 0. The van der Waals surface area contributed by atoms with Gasteiger partial charge < -0.3 is 9.47 Å². The highest BCUT2D eigenvalue weighted by Crippen LogP contribution is 2.36. The van der Waals surface area contributed by atoms with E-state index in [1.165, 1.54) is 38.2 Å². The number of nitrogens with zero attached hydrogens (tertiary/aromatic N) is 7. The Hall–Kier alpha value is -4.87. The van der Waals surface area contributed by atoms with Gasteiger partial charge in [0, 0.05) is 42.5 Å². The van der Waals surface area contributed by atoms with Gasteiger partial charge in [-0.1, -0.05) is 0 Å². The molecule has 0 aliphatic carbocycles. The largest absolute Gasteiger partial charge is 0.340 e. The van der Waals surface area contributed by atoms with Crippen molar-refractivity contribution in [2.75, 3.05) is 13.1 Å². The van der Waals surface area contributed by atoms with Crippen LogP contribution in [0.15, 0.2) is 67.3 Å². The molecule has 6 rings (SSSR count). The van der Waals surface area contributed by atoms with Gasteiger partial charge in [0.25, 0.3) is 5.91 Å². The number of aromatic nitrogens is 6. The van der Waals surface area contributed by atoms with Crippen LogP contribution in [0.4, 0.5) is 13.2 Å². The van der Waals surface area contributed by atoms with Crippen LogP contribution in [0.2, 0.25) is 0 Å². The second kappa shape index (κ2) is 11.1. The maximum Gasteiger partial charge on any atom is 0.259 e. The average molecular weight is 588 g/mol. The number of carbonyl (C=O) groups excluding carboxylic acids is 2. The summed E-state index contributed by atoms with van der Waals surface area (Å²) >= 11 is 0. The van der Waals surface area contributed by atoms with Crippen molar-refractivity contribution in [3.05, 3.63) is 90.3 Å². The molecule has 1 fully saturated rings. The summed E-state index contributed by atoms with van der Waals surface area (Å²) < 4.78 is 45.1. The summed E-state index contributed by atoms with van der Waals surface area (Å²) in [5, 5.41) is 4.79. The predicted molar refractivity (Wildman–Crippen MR) is 152 cm³/mol. The summed E-state index contributed by atoms with van der Waals surface area (Å²) in [6.45, 7) is 3.32. The zero-order valence-corrected chi connectivity index (χ0v) is 23.5. The summed E-state index contributed by atoms with van der Waals surface area (Å²) in [5.74, 6) is -1.93. The number of alkyl halides is 1. The summed E-state index contributed by atoms with van der Waals surface area (Å²) in [6, 6.07) is 12.1. The SMILES string of the molecule is CC(C)(F)C(=O)N1CCC(n2cnc(-c3ccc(F)cc3)c2-c2ccc3nc(CC(=O)c4ccnc(F)c4)cn3n2)CC1. The second-order valence-corrected chi connectivity index (χ2v) is 11.1. The Labute approximate surface area is 245 Å². The standard InChI is InChI=1S/C31H28F3N7O2/c1-31(2,34)30(43)39-13-10-23(11-14-39)40-18-36-28(19-3-5-21(32)6-4-19)29(40)24-7-8-27-37-22(17-41(27)38-24)16-25(42)20-9-12-35-26(33)15-20/h3-9,12,15,17-18,23H,10-11,13-14,16H2,1-2H3. The molecule has 9 nitrogen and oxygen atoms in total. The predicted octanol–water partition coefficient (Wildman–Crippen LogP) is 5.27. The monoisotopic (exact) mass is 587 g/mol. The number of imidazole rings is 2. The molecule has 0 bridgehead atoms. The quantitative estimate of drug-likeness (QED) is 0.190. The fraction of sp³-hybridized carbons (Fsp3) is 0.290. The minimum absolute atomic E-state index is 0.0438. The van der Waals surface area contributed by atoms with E-state index in [1.807, 2.05) is 4.57 Å². The first-order valence-corrected chi connectivity index (χ1v) is 13.9. The van der Waals surface area contributed by atoms with E-state index < -0.39 is 17.5 Å². The minimum Gasteiger partial charge on any atom is -0.340 e. The van der Waals surface area contributed by atoms with Crippen molar-refractivity contribution in [2.45, 2.75) is 44.8 Å². The molecule has 43 heavy (non-hydrogen) atoms. The van der Waals surface area contributed by atoms with Gasteiger partial charge in [-0.15, -0.1) is 0 Å². The number of hydrogen-bond acceptors (Lipinski definition) is 6. The number of carbonyl (C=O) groups is 2. The first-order chi connectivity index (χ1) is 20.6. The van der Waals surface area contributed by atoms with Crippen LogP contribution in [0.1, 0.15) is 48.8 Å². The van der Waals surface area contributed by atoms with Crippen LogP contribution in [-0.2, 0) is 11.2 Å². The normalized spacial score (nSPS) is 14.4. The van der Waals surface area contributed by atoms with Gasteiger partial charge in [0.15, 0.2) is 17.1 Å². The lowest BCUT2D eigenvalue weighted by Crippen LogP contribution is -2.46. The molecule has 0 saturated carbocycles. The molecule has 0 atom stereocenters. The molecule has 220 valence electrons. The van der Waals surface area contributed by atoms with Gasteiger partial charge in [-0.25, -0.2) is 28.2 Å². The number of piperidine rings is 1. The van der Waals surface area contributed by atoms with Crippen LogP contribution in [-0.4, -0.2) is 64.5 Å². The van der Waals surface area contributed by atoms with Crippen LogP contribution < -0.4 is 0 Å². The molecule has 0 N–H and O–H groups in total. The molecule has 5 heterocycles. The lowest BCUT2D eigenvalue weighted by atomic mass is 10.0. The highest BCUT2D eigenvalue weighted by atomic mass is 19.1. The number of rotatable bonds is 7. The van der Waals surface area contributed by atoms with Crippen LogP contribution in [0.5, 0.6) is 0 Å². The first-order valence-electron chi connectivity index (χ1n) is 13.9. The van der Waals surface area contributed by atoms with Crippen molar-refractivity contribution in [1.29, 1.82) is 0 Å². The Morgan fingerprint density at radius 1 is 1.00 bits per heavy atom. The van der Waals surface area contributed by atoms with E-state index in [-0.39, 0.29) is 29.6 Å². The number of Topliss-reactive ketones (excluding diaryl/α,β-unsaturated/α-hetero) is 1. The van der Waals surface area contributed by atoms with Crippen LogP contribution in [0.3, 0.4) is 0 Å². The van der Waals surface area contributed by atoms with Crippen LogP contribution >= 0.6 is 0 Å². The highest BCUT2D eigenvalue weighted by molar-refractivity contribution is 5.97. The number of likely N-dealkylation sites (tertiary alicyclic amines) is 1. The van der Waals surface area contributed by atoms with Crippen molar-refractivity contribution in [3.63, 3.8) is 0 Å². The fourth-order valence-corrected chi connectivity index (χ4v) is 5.42. The third-order valence-corrected chi connectivity index (χ3v) is 7.57. The van der Waals surface area contributed by atoms with E-state index in [1.54, 1.807) is 46.2 Å². The summed E-state index contributed by atoms with van der Waals surface area (Å²) in [4.78, 5) is 39.4. The molecule has 1 aliphatic heterocycles. The van der Waals surface area contributed by atoms with Crippen LogP contribution in [0.25, 0.3) is 28.3 Å². The molecule has 1 saturated heterocycles. The number of halogens is 3. The van der Waals surface area contributed by atoms with E-state index in [0.29, 0.717) is 59.9 Å². The van der Waals surface area contributed by atoms with Gasteiger partial charge in [0.05, 0.1) is 36.0 Å². The van der Waals surface area contributed by atoms with Crippen molar-refractivity contribution in [3.8, 4) is 22.6 Å². The van der Waals surface area contributed by atoms with E-state index >= 15 is 0 Å². The maximum atomic E-state index is 14.3. The number of fused-ring (bicyclic) bond motifs is 1. The topological polar surface area (TPSA) is 98.3 Å². The molecule has 1 aliphatic rings. The number of ketones is 1. The molecule has 12 heteroatoms. The Morgan fingerprint density at radius 3 is 2.44 bits per heavy atom. The first kappa shape index (κ1) is 28.3. The number of benzene rings is 1. The number of pyridine rings is 1. The molecule has 1 aromatic carbocycles. The van der Waals surface area contributed by atoms with Gasteiger partial charge in [-0.05, 0) is 69.2 Å². The minimum atomic E-state index is -1.94. The molecule has 0 unspecified atom stereocenters. The zero-order chi connectivity index (χ0) is 30.3. The van der Waals surface area contributed by atoms with E-state index in [9.17, 15) is 22.8 Å². The van der Waals surface area contributed by atoms with Crippen molar-refractivity contribution >= 4 is 17.3 Å². The Morgan fingerprint density at radius 2 is 1.74 bits per heavy atom. The fourth-order valence-electron chi connectivity index (χ4n) is 5.42. The van der Waals surface area contributed by atoms with E-state index in [4.69, 9.17) is 5.10 Å². The van der Waals surface area contributed by atoms with Gasteiger partial charge in [0.2, 0.25) is 5.95 Å². The molecule has 0 spiro atoms. The zero-order valence-electron chi connectivity index (χ0n) is 23.5. The lowest BCUT2D eigenvalue weighted by Gasteiger charge is -2.35. The third kappa shape index (κ3) is 5.77. The van der Waals surface area contributed by atoms with Crippen molar-refractivity contribution < 1.29 is 22.8 Å². The molecule has 4 aromatic heterocycles. The summed E-state index contributed by atoms with van der Waals surface area (Å²) in [5.41, 5.74) is 1.81. The molecule has 1 amide bonds. The van der Waals surface area contributed by atoms with Gasteiger partial charge in [-0.2, -0.15) is 9.49 Å². The summed E-state index contributed by atoms with van der Waals surface area (Å²) in [7, 11) is 0. The second-order valence-electron chi connectivity index (χ2n) is 11.1. The van der Waals surface area contributed by atoms with Gasteiger partial charge >= 0.3 is 0 Å². The third-order valence-electron chi connectivity index (χ3n) is 7.57. The Balaban J connectivity index is 1.33. The molecule has 0 radical (unpaired) electrons. The van der Waals surface area contributed by atoms with Crippen molar-refractivity contribution in [1.82, 2.24) is 34.0 Å². The molecular weight excluding hydrogens is 559 g/mol. The average Bonchev–Trinajstić information content (AvgIpc) is 3.60. The maximum absolute atomic E-state index is 14.3. The smallest absolute Gasteiger partial charge is 0.259 e. The molecule has 5 aromatic rings. The Kier molecular flexibility index (Phi) is 7.28. The Bertz CT molecular complexity index is 1820. The van der Waals surface area contributed by atoms with Gasteiger partial charge in [0.1, 0.15) is 11.5 Å².